The highest BCUT2D eigenvalue weighted by atomic mass is 32.2. The minimum Gasteiger partial charge on any atom is -0.465 e. The number of carbonyl (C=O) groups excluding carboxylic acids is 1. The number of furan rings is 1. The van der Waals surface area contributed by atoms with Crippen molar-refractivity contribution in [2.75, 3.05) is 6.61 Å². The van der Waals surface area contributed by atoms with Crippen LogP contribution in [-0.2, 0) is 16.1 Å². The predicted molar refractivity (Wildman–Crippen MR) is 68.6 cm³/mol. The number of hydrogen-bond donors (Lipinski definition) is 0. The molecule has 0 radical (unpaired) electrons. The van der Waals surface area contributed by atoms with Crippen LogP contribution in [0.5, 0.6) is 0 Å². The lowest BCUT2D eigenvalue weighted by atomic mass is 10.4. The standard InChI is InChI=1S/C12H13N3O3S/c1-2-15-10(8-4-3-6-17-8)13-14-12(15)19-9-5-7-18-11(9)16/h3-4,6,9H,2,5,7H2,1H3/t9-/m1/s1. The SMILES string of the molecule is CCn1c(S[C@@H]2CCOC2=O)nnc1-c1ccco1. The molecule has 2 aromatic rings. The molecule has 0 aliphatic carbocycles. The Morgan fingerprint density at radius 3 is 3.05 bits per heavy atom. The van der Waals surface area contributed by atoms with Gasteiger partial charge in [-0.15, -0.1) is 10.2 Å². The molecule has 1 aliphatic heterocycles. The monoisotopic (exact) mass is 279 g/mol. The highest BCUT2D eigenvalue weighted by molar-refractivity contribution is 8.00. The van der Waals surface area contributed by atoms with E-state index in [4.69, 9.17) is 9.15 Å². The van der Waals surface area contributed by atoms with Gasteiger partial charge in [0.2, 0.25) is 0 Å². The van der Waals surface area contributed by atoms with E-state index in [9.17, 15) is 4.79 Å². The zero-order valence-electron chi connectivity index (χ0n) is 10.4. The van der Waals surface area contributed by atoms with Gasteiger partial charge in [0.05, 0.1) is 12.9 Å². The van der Waals surface area contributed by atoms with Crippen molar-refractivity contribution < 1.29 is 13.9 Å². The molecular formula is C12H13N3O3S. The maximum Gasteiger partial charge on any atom is 0.319 e. The molecule has 0 spiro atoms. The van der Waals surface area contributed by atoms with E-state index in [0.717, 1.165) is 11.6 Å². The molecule has 1 saturated heterocycles. The first kappa shape index (κ1) is 12.3. The number of cyclic esters (lactones) is 1. The summed E-state index contributed by atoms with van der Waals surface area (Å²) in [4.78, 5) is 11.5. The van der Waals surface area contributed by atoms with Crippen molar-refractivity contribution in [1.29, 1.82) is 0 Å². The lowest BCUT2D eigenvalue weighted by Crippen LogP contribution is -2.11. The molecule has 100 valence electrons. The largest absolute Gasteiger partial charge is 0.465 e. The minimum atomic E-state index is -0.182. The number of aromatic nitrogens is 3. The van der Waals surface area contributed by atoms with E-state index < -0.39 is 0 Å². The van der Waals surface area contributed by atoms with Gasteiger partial charge in [-0.3, -0.25) is 9.36 Å². The van der Waals surface area contributed by atoms with Crippen LogP contribution in [0.25, 0.3) is 11.6 Å². The summed E-state index contributed by atoms with van der Waals surface area (Å²) in [6, 6.07) is 3.65. The molecule has 19 heavy (non-hydrogen) atoms. The van der Waals surface area contributed by atoms with Crippen molar-refractivity contribution in [1.82, 2.24) is 14.8 Å². The van der Waals surface area contributed by atoms with Crippen LogP contribution in [0.2, 0.25) is 0 Å². The summed E-state index contributed by atoms with van der Waals surface area (Å²) in [6.07, 6.45) is 2.32. The predicted octanol–water partition coefficient (Wildman–Crippen LogP) is 1.97. The van der Waals surface area contributed by atoms with Gasteiger partial charge in [-0.1, -0.05) is 11.8 Å². The maximum atomic E-state index is 11.5. The van der Waals surface area contributed by atoms with Gasteiger partial charge in [0.15, 0.2) is 16.7 Å². The van der Waals surface area contributed by atoms with Crippen LogP contribution < -0.4 is 0 Å². The molecule has 6 nitrogen and oxygen atoms in total. The van der Waals surface area contributed by atoms with Crippen molar-refractivity contribution in [2.45, 2.75) is 30.3 Å². The third-order valence-corrected chi connectivity index (χ3v) is 4.14. The summed E-state index contributed by atoms with van der Waals surface area (Å²) in [7, 11) is 0. The van der Waals surface area contributed by atoms with Crippen LogP contribution in [0.1, 0.15) is 13.3 Å². The average Bonchev–Trinajstić information content (AvgIpc) is 3.11. The molecule has 0 unspecified atom stereocenters. The third kappa shape index (κ3) is 2.25. The zero-order valence-corrected chi connectivity index (χ0v) is 11.2. The quantitative estimate of drug-likeness (QED) is 0.797. The van der Waals surface area contributed by atoms with Crippen LogP contribution in [0, 0.1) is 0 Å². The molecule has 0 bridgehead atoms. The first-order valence-electron chi connectivity index (χ1n) is 6.10. The molecular weight excluding hydrogens is 266 g/mol. The van der Waals surface area contributed by atoms with Gasteiger partial charge in [0.1, 0.15) is 5.25 Å². The fourth-order valence-corrected chi connectivity index (χ4v) is 3.02. The van der Waals surface area contributed by atoms with Crippen molar-refractivity contribution in [2.24, 2.45) is 0 Å². The van der Waals surface area contributed by atoms with Gasteiger partial charge in [0, 0.05) is 13.0 Å². The van der Waals surface area contributed by atoms with Crippen LogP contribution in [0.3, 0.4) is 0 Å². The molecule has 2 aromatic heterocycles. The minimum absolute atomic E-state index is 0.171. The number of nitrogens with zero attached hydrogens (tertiary/aromatic N) is 3. The Labute approximate surface area is 114 Å². The first-order chi connectivity index (χ1) is 9.29. The Morgan fingerprint density at radius 1 is 1.53 bits per heavy atom. The molecule has 0 saturated carbocycles. The van der Waals surface area contributed by atoms with Crippen molar-refractivity contribution >= 4 is 17.7 Å². The van der Waals surface area contributed by atoms with E-state index >= 15 is 0 Å². The number of rotatable bonds is 4. The normalized spacial score (nSPS) is 18.8. The fraction of sp³-hybridized carbons (Fsp3) is 0.417. The number of ether oxygens (including phenoxy) is 1. The second-order valence-corrected chi connectivity index (χ2v) is 5.26. The smallest absolute Gasteiger partial charge is 0.319 e. The second kappa shape index (κ2) is 5.08. The molecule has 1 aliphatic rings. The van der Waals surface area contributed by atoms with Crippen LogP contribution in [-0.4, -0.2) is 32.6 Å². The molecule has 1 fully saturated rings. The Bertz CT molecular complexity index is 579. The lowest BCUT2D eigenvalue weighted by Gasteiger charge is -2.07. The zero-order chi connectivity index (χ0) is 13.2. The van der Waals surface area contributed by atoms with E-state index in [1.807, 2.05) is 23.6 Å². The van der Waals surface area contributed by atoms with Crippen LogP contribution >= 0.6 is 11.8 Å². The molecule has 1 atom stereocenters. The molecule has 3 rings (SSSR count). The summed E-state index contributed by atoms with van der Waals surface area (Å²) < 4.78 is 12.2. The van der Waals surface area contributed by atoms with Gasteiger partial charge >= 0.3 is 5.97 Å². The highest BCUT2D eigenvalue weighted by Crippen LogP contribution is 2.30. The molecule has 3 heterocycles. The summed E-state index contributed by atoms with van der Waals surface area (Å²) >= 11 is 1.40. The number of esters is 1. The number of carbonyl (C=O) groups is 1. The van der Waals surface area contributed by atoms with Gasteiger partial charge in [-0.2, -0.15) is 0 Å². The fourth-order valence-electron chi connectivity index (χ4n) is 1.96. The van der Waals surface area contributed by atoms with E-state index in [1.54, 1.807) is 6.26 Å². The van der Waals surface area contributed by atoms with Gasteiger partial charge < -0.3 is 9.15 Å². The second-order valence-electron chi connectivity index (χ2n) is 4.09. The Kier molecular flexibility index (Phi) is 3.29. The van der Waals surface area contributed by atoms with Gasteiger partial charge in [-0.25, -0.2) is 0 Å². The topological polar surface area (TPSA) is 70.2 Å². The lowest BCUT2D eigenvalue weighted by molar-refractivity contribution is -0.137. The summed E-state index contributed by atoms with van der Waals surface area (Å²) in [5.74, 6) is 1.19. The molecule has 0 amide bonds. The maximum absolute atomic E-state index is 11.5. The molecule has 0 aromatic carbocycles. The van der Waals surface area contributed by atoms with E-state index in [1.165, 1.54) is 11.8 Å². The average molecular weight is 279 g/mol. The van der Waals surface area contributed by atoms with Crippen molar-refractivity contribution in [3.63, 3.8) is 0 Å². The highest BCUT2D eigenvalue weighted by Gasteiger charge is 2.30. The summed E-state index contributed by atoms with van der Waals surface area (Å²) in [5.41, 5.74) is 0. The number of hydrogen-bond acceptors (Lipinski definition) is 6. The van der Waals surface area contributed by atoms with Crippen molar-refractivity contribution in [3.8, 4) is 11.6 Å². The van der Waals surface area contributed by atoms with Gasteiger partial charge in [-0.05, 0) is 19.1 Å². The van der Waals surface area contributed by atoms with Crippen molar-refractivity contribution in [3.05, 3.63) is 18.4 Å². The number of thioether (sulfide) groups is 1. The van der Waals surface area contributed by atoms with E-state index in [2.05, 4.69) is 10.2 Å². The first-order valence-corrected chi connectivity index (χ1v) is 6.98. The Hall–Kier alpha value is -1.76. The molecule has 7 heteroatoms. The third-order valence-electron chi connectivity index (χ3n) is 2.91. The van der Waals surface area contributed by atoms with E-state index in [-0.39, 0.29) is 11.2 Å². The van der Waals surface area contributed by atoms with E-state index in [0.29, 0.717) is 24.7 Å². The van der Waals surface area contributed by atoms with Gasteiger partial charge in [0.25, 0.3) is 0 Å². The summed E-state index contributed by atoms with van der Waals surface area (Å²) in [6.45, 7) is 3.21. The molecule has 0 N–H and O–H groups in total. The Balaban J connectivity index is 1.88. The van der Waals surface area contributed by atoms with Crippen LogP contribution in [0.15, 0.2) is 28.0 Å². The summed E-state index contributed by atoms with van der Waals surface area (Å²) in [5, 5.41) is 8.83. The Morgan fingerprint density at radius 2 is 2.42 bits per heavy atom. The van der Waals surface area contributed by atoms with Crippen LogP contribution in [0.4, 0.5) is 0 Å².